The van der Waals surface area contributed by atoms with E-state index in [2.05, 4.69) is 29.2 Å². The van der Waals surface area contributed by atoms with Crippen molar-refractivity contribution in [3.8, 4) is 0 Å². The van der Waals surface area contributed by atoms with Crippen LogP contribution in [0.15, 0.2) is 60.7 Å². The van der Waals surface area contributed by atoms with E-state index < -0.39 is 11.8 Å². The highest BCUT2D eigenvalue weighted by molar-refractivity contribution is 7.22. The number of halogens is 1. The molecular weight excluding hydrogens is 440 g/mol. The van der Waals surface area contributed by atoms with Crippen LogP contribution < -0.4 is 4.90 Å². The monoisotopic (exact) mass is 456 g/mol. The minimum Gasteiger partial charge on any atom is -0.274 e. The van der Waals surface area contributed by atoms with Gasteiger partial charge in [-0.1, -0.05) is 71.5 Å². The number of nitrogens with zero attached hydrogens (tertiary/aromatic N) is 2. The molecule has 4 aliphatic rings. The summed E-state index contributed by atoms with van der Waals surface area (Å²) in [7, 11) is 0. The van der Waals surface area contributed by atoms with Gasteiger partial charge in [-0.25, -0.2) is 9.88 Å². The first-order valence-electron chi connectivity index (χ1n) is 10.7. The summed E-state index contributed by atoms with van der Waals surface area (Å²) < 4.78 is 0.923. The molecule has 0 radical (unpaired) electrons. The number of aryl methyl sites for hydroxylation is 1. The van der Waals surface area contributed by atoms with Crippen LogP contribution in [0.1, 0.15) is 39.7 Å². The normalized spacial score (nSPS) is 25.2. The molecule has 3 aliphatic carbocycles. The summed E-state index contributed by atoms with van der Waals surface area (Å²) in [4.78, 5) is 33.6. The van der Waals surface area contributed by atoms with E-state index in [0.29, 0.717) is 15.7 Å². The summed E-state index contributed by atoms with van der Waals surface area (Å²) >= 11 is 7.66. The molecule has 4 nitrogen and oxygen atoms in total. The minimum atomic E-state index is -0.394. The molecule has 1 aliphatic heterocycles. The van der Waals surface area contributed by atoms with Crippen molar-refractivity contribution in [3.63, 3.8) is 0 Å². The number of imide groups is 1. The Morgan fingerprint density at radius 1 is 0.844 bits per heavy atom. The molecule has 8 rings (SSSR count). The van der Waals surface area contributed by atoms with E-state index in [-0.39, 0.29) is 23.7 Å². The van der Waals surface area contributed by atoms with E-state index in [0.717, 1.165) is 10.3 Å². The van der Waals surface area contributed by atoms with Crippen molar-refractivity contribution >= 4 is 50.1 Å². The van der Waals surface area contributed by atoms with Gasteiger partial charge in [0, 0.05) is 16.9 Å². The van der Waals surface area contributed by atoms with Crippen LogP contribution in [0.2, 0.25) is 5.02 Å². The maximum atomic E-state index is 13.8. The zero-order valence-electron chi connectivity index (χ0n) is 17.1. The third-order valence-electron chi connectivity index (χ3n) is 7.30. The molecule has 2 unspecified atom stereocenters. The number of hydrogen-bond acceptors (Lipinski definition) is 4. The van der Waals surface area contributed by atoms with Crippen molar-refractivity contribution < 1.29 is 9.59 Å². The van der Waals surface area contributed by atoms with E-state index >= 15 is 0 Å². The summed E-state index contributed by atoms with van der Waals surface area (Å²) in [6.07, 6.45) is 0. The molecular formula is C26H17ClN2O2S. The standard InChI is InChI=1S/C26H17ClN2O2S/c1-12-10-19-18(11-17(12)27)28-26(32-19)29-24(30)22-20-13-6-2-3-7-14(13)21(23(22)25(29)31)16-9-5-4-8-15(16)20/h2-11,20-23H,1H3. The van der Waals surface area contributed by atoms with Gasteiger partial charge in [0.05, 0.1) is 22.1 Å². The van der Waals surface area contributed by atoms with Crippen LogP contribution in [-0.2, 0) is 9.59 Å². The lowest BCUT2D eigenvalue weighted by Crippen LogP contribution is -2.41. The van der Waals surface area contributed by atoms with Crippen LogP contribution >= 0.6 is 22.9 Å². The maximum Gasteiger partial charge on any atom is 0.240 e. The number of carbonyl (C=O) groups is 2. The van der Waals surface area contributed by atoms with Crippen molar-refractivity contribution in [2.45, 2.75) is 18.8 Å². The summed E-state index contributed by atoms with van der Waals surface area (Å²) in [5.41, 5.74) is 6.36. The zero-order valence-corrected chi connectivity index (χ0v) is 18.7. The lowest BCUT2D eigenvalue weighted by atomic mass is 9.55. The second kappa shape index (κ2) is 6.27. The van der Waals surface area contributed by atoms with Gasteiger partial charge < -0.3 is 0 Å². The summed E-state index contributed by atoms with van der Waals surface area (Å²) in [5.74, 6) is -1.28. The Morgan fingerprint density at radius 2 is 1.34 bits per heavy atom. The molecule has 1 aromatic heterocycles. The first-order chi connectivity index (χ1) is 15.5. The Bertz CT molecular complexity index is 1340. The molecule has 156 valence electrons. The quantitative estimate of drug-likeness (QED) is 0.347. The molecule has 2 amide bonds. The molecule has 1 saturated heterocycles. The fraction of sp³-hybridized carbons (Fsp3) is 0.192. The number of aromatic nitrogens is 1. The van der Waals surface area contributed by atoms with Gasteiger partial charge in [0.2, 0.25) is 11.8 Å². The number of benzene rings is 3. The lowest BCUT2D eigenvalue weighted by molar-refractivity contribution is -0.122. The highest BCUT2D eigenvalue weighted by Gasteiger charge is 2.62. The SMILES string of the molecule is Cc1cc2sc(N3C(=O)C4C5c6ccccc6C(c6ccccc65)C4C3=O)nc2cc1Cl. The molecule has 3 aromatic carbocycles. The number of rotatable bonds is 1. The summed E-state index contributed by atoms with van der Waals surface area (Å²) in [5, 5.41) is 1.07. The molecule has 0 spiro atoms. The Morgan fingerprint density at radius 3 is 1.84 bits per heavy atom. The van der Waals surface area contributed by atoms with Crippen LogP contribution in [0.3, 0.4) is 0 Å². The smallest absolute Gasteiger partial charge is 0.240 e. The fourth-order valence-corrected chi connectivity index (χ4v) is 7.21. The largest absolute Gasteiger partial charge is 0.274 e. The number of hydrogen-bond donors (Lipinski definition) is 0. The predicted octanol–water partition coefficient (Wildman–Crippen LogP) is 5.65. The number of anilines is 1. The summed E-state index contributed by atoms with van der Waals surface area (Å²) in [6, 6.07) is 20.3. The van der Waals surface area contributed by atoms with E-state index in [9.17, 15) is 9.59 Å². The van der Waals surface area contributed by atoms with Gasteiger partial charge in [0.1, 0.15) is 0 Å². The van der Waals surface area contributed by atoms with Crippen LogP contribution in [0.25, 0.3) is 10.2 Å². The first kappa shape index (κ1) is 18.5. The van der Waals surface area contributed by atoms with Gasteiger partial charge in [-0.2, -0.15) is 0 Å². The number of fused-ring (bicyclic) bond motifs is 1. The van der Waals surface area contributed by atoms with Crippen LogP contribution in [0.5, 0.6) is 0 Å². The summed E-state index contributed by atoms with van der Waals surface area (Å²) in [6.45, 7) is 1.94. The molecule has 2 heterocycles. The van der Waals surface area contributed by atoms with Crippen LogP contribution in [0.4, 0.5) is 5.13 Å². The molecule has 2 bridgehead atoms. The average Bonchev–Trinajstić information content (AvgIpc) is 3.31. The maximum absolute atomic E-state index is 13.8. The van der Waals surface area contributed by atoms with Crippen molar-refractivity contribution in [1.82, 2.24) is 4.98 Å². The van der Waals surface area contributed by atoms with Crippen LogP contribution in [0, 0.1) is 18.8 Å². The van der Waals surface area contributed by atoms with E-state index in [1.165, 1.54) is 38.5 Å². The second-order valence-electron chi connectivity index (χ2n) is 8.84. The number of amides is 2. The van der Waals surface area contributed by atoms with Gasteiger partial charge in [-0.05, 0) is 46.9 Å². The van der Waals surface area contributed by atoms with Crippen LogP contribution in [-0.4, -0.2) is 16.8 Å². The first-order valence-corrected chi connectivity index (χ1v) is 11.9. The van der Waals surface area contributed by atoms with Gasteiger partial charge in [-0.15, -0.1) is 0 Å². The highest BCUT2D eigenvalue weighted by atomic mass is 35.5. The average molecular weight is 457 g/mol. The van der Waals surface area contributed by atoms with Crippen molar-refractivity contribution in [1.29, 1.82) is 0 Å². The van der Waals surface area contributed by atoms with Gasteiger partial charge >= 0.3 is 0 Å². The predicted molar refractivity (Wildman–Crippen MR) is 125 cm³/mol. The van der Waals surface area contributed by atoms with Crippen molar-refractivity contribution in [2.24, 2.45) is 11.8 Å². The third-order valence-corrected chi connectivity index (χ3v) is 8.71. The Kier molecular flexibility index (Phi) is 3.63. The molecule has 0 saturated carbocycles. The van der Waals surface area contributed by atoms with Gasteiger partial charge in [0.15, 0.2) is 5.13 Å². The third kappa shape index (κ3) is 2.20. The lowest BCUT2D eigenvalue weighted by Gasteiger charge is -2.45. The van der Waals surface area contributed by atoms with E-state index in [1.807, 2.05) is 37.3 Å². The zero-order chi connectivity index (χ0) is 21.7. The Labute approximate surface area is 193 Å². The molecule has 32 heavy (non-hydrogen) atoms. The van der Waals surface area contributed by atoms with Gasteiger partial charge in [0.25, 0.3) is 0 Å². The fourth-order valence-electron chi connectivity index (χ4n) is 6.00. The topological polar surface area (TPSA) is 50.3 Å². The molecule has 6 heteroatoms. The number of carbonyl (C=O) groups excluding carboxylic acids is 2. The second-order valence-corrected chi connectivity index (χ2v) is 10.3. The highest BCUT2D eigenvalue weighted by Crippen LogP contribution is 2.61. The molecule has 1 fully saturated rings. The molecule has 4 aromatic rings. The minimum absolute atomic E-state index is 0.107. The van der Waals surface area contributed by atoms with Crippen molar-refractivity contribution in [2.75, 3.05) is 4.90 Å². The number of thiazole rings is 1. The van der Waals surface area contributed by atoms with Gasteiger partial charge in [-0.3, -0.25) is 9.59 Å². The van der Waals surface area contributed by atoms with E-state index in [4.69, 9.17) is 11.6 Å². The van der Waals surface area contributed by atoms with Crippen molar-refractivity contribution in [3.05, 3.63) is 93.5 Å². The molecule has 0 N–H and O–H groups in total. The Balaban J connectivity index is 1.41. The Hall–Kier alpha value is -3.02. The van der Waals surface area contributed by atoms with E-state index in [1.54, 1.807) is 6.07 Å². The molecule has 2 atom stereocenters.